The monoisotopic (exact) mass is 303 g/mol. The van der Waals surface area contributed by atoms with Crippen molar-refractivity contribution in [1.82, 2.24) is 0 Å². The molecule has 1 heteroatoms. The van der Waals surface area contributed by atoms with Crippen LogP contribution in [0.5, 0.6) is 0 Å². The molecule has 0 saturated heterocycles. The van der Waals surface area contributed by atoms with Crippen LogP contribution in [0.3, 0.4) is 0 Å². The van der Waals surface area contributed by atoms with E-state index in [1.807, 2.05) is 0 Å². The van der Waals surface area contributed by atoms with Crippen LogP contribution in [-0.2, 0) is 11.8 Å². The van der Waals surface area contributed by atoms with E-state index in [1.165, 1.54) is 27.5 Å². The Bertz CT molecular complexity index is 789. The summed E-state index contributed by atoms with van der Waals surface area (Å²) in [6.45, 7) is 6.72. The fourth-order valence-corrected chi connectivity index (χ4v) is 3.08. The lowest BCUT2D eigenvalue weighted by atomic mass is 9.86. The molecule has 0 aliphatic rings. The Kier molecular flexibility index (Phi) is 4.23. The number of benzene rings is 3. The first-order chi connectivity index (χ1) is 10.9. The maximum Gasteiger partial charge on any atom is 0.0341 e. The van der Waals surface area contributed by atoms with Gasteiger partial charge in [0.05, 0.1) is 0 Å². The van der Waals surface area contributed by atoms with Gasteiger partial charge in [0.1, 0.15) is 0 Å². The zero-order valence-corrected chi connectivity index (χ0v) is 14.2. The van der Waals surface area contributed by atoms with Crippen LogP contribution in [0.1, 0.15) is 43.5 Å². The molecule has 0 radical (unpaired) electrons. The molecule has 0 fully saturated rings. The van der Waals surface area contributed by atoms with Crippen LogP contribution < -0.4 is 5.73 Å². The second-order valence-corrected chi connectivity index (χ2v) is 7.33. The highest BCUT2D eigenvalue weighted by Gasteiger charge is 2.14. The van der Waals surface area contributed by atoms with E-state index in [0.29, 0.717) is 0 Å². The van der Waals surface area contributed by atoms with Gasteiger partial charge in [0.25, 0.3) is 0 Å². The van der Waals surface area contributed by atoms with E-state index < -0.39 is 0 Å². The predicted octanol–water partition coefficient (Wildman–Crippen LogP) is 5.38. The molecule has 23 heavy (non-hydrogen) atoms. The molecule has 3 aromatic rings. The summed E-state index contributed by atoms with van der Waals surface area (Å²) in [5.41, 5.74) is 10.6. The van der Waals surface area contributed by atoms with Crippen molar-refractivity contribution in [2.75, 3.05) is 0 Å². The molecular weight excluding hydrogens is 278 g/mol. The lowest BCUT2D eigenvalue weighted by Gasteiger charge is -2.20. The molecule has 0 spiro atoms. The normalized spacial score (nSPS) is 13.2. The van der Waals surface area contributed by atoms with Crippen molar-refractivity contribution in [3.8, 4) is 0 Å². The molecule has 0 aliphatic carbocycles. The van der Waals surface area contributed by atoms with E-state index in [1.54, 1.807) is 0 Å². The summed E-state index contributed by atoms with van der Waals surface area (Å²) in [5, 5.41) is 2.51. The van der Waals surface area contributed by atoms with Crippen molar-refractivity contribution in [2.24, 2.45) is 5.73 Å². The second kappa shape index (κ2) is 6.17. The smallest absolute Gasteiger partial charge is 0.0341 e. The van der Waals surface area contributed by atoms with E-state index in [4.69, 9.17) is 5.73 Å². The Balaban J connectivity index is 1.85. The highest BCUT2D eigenvalue weighted by atomic mass is 14.6. The summed E-state index contributed by atoms with van der Waals surface area (Å²) < 4.78 is 0. The quantitative estimate of drug-likeness (QED) is 0.690. The standard InChI is InChI=1S/C22H25N/c1-22(2,3)18-13-11-16(12-14-18)15-21(23)20-10-6-8-17-7-4-5-9-19(17)20/h4-14,21H,15,23H2,1-3H3. The number of rotatable bonds is 3. The summed E-state index contributed by atoms with van der Waals surface area (Å²) in [6.07, 6.45) is 0.860. The predicted molar refractivity (Wildman–Crippen MR) is 99.7 cm³/mol. The topological polar surface area (TPSA) is 26.0 Å². The third-order valence-electron chi connectivity index (χ3n) is 4.50. The average Bonchev–Trinajstić information content (AvgIpc) is 2.54. The molecule has 1 unspecified atom stereocenters. The first-order valence-corrected chi connectivity index (χ1v) is 8.28. The molecule has 0 aromatic heterocycles. The number of fused-ring (bicyclic) bond motifs is 1. The fraction of sp³-hybridized carbons (Fsp3) is 0.273. The van der Waals surface area contributed by atoms with Gasteiger partial charge in [0.15, 0.2) is 0 Å². The largest absolute Gasteiger partial charge is 0.324 e. The first kappa shape index (κ1) is 15.8. The van der Waals surface area contributed by atoms with E-state index in [2.05, 4.69) is 87.5 Å². The Morgan fingerprint density at radius 3 is 2.17 bits per heavy atom. The molecule has 0 aliphatic heterocycles. The number of hydrogen-bond acceptors (Lipinski definition) is 1. The highest BCUT2D eigenvalue weighted by Crippen LogP contribution is 2.27. The van der Waals surface area contributed by atoms with Gasteiger partial charge in [-0.15, -0.1) is 0 Å². The van der Waals surface area contributed by atoms with E-state index in [0.717, 1.165) is 6.42 Å². The summed E-state index contributed by atoms with van der Waals surface area (Å²) in [4.78, 5) is 0. The molecule has 0 amide bonds. The first-order valence-electron chi connectivity index (χ1n) is 8.28. The molecule has 1 atom stereocenters. The average molecular weight is 303 g/mol. The summed E-state index contributed by atoms with van der Waals surface area (Å²) >= 11 is 0. The Hall–Kier alpha value is -2.12. The van der Waals surface area contributed by atoms with E-state index >= 15 is 0 Å². The SMILES string of the molecule is CC(C)(C)c1ccc(CC(N)c2cccc3ccccc23)cc1. The number of nitrogens with two attached hydrogens (primary N) is 1. The zero-order chi connectivity index (χ0) is 16.4. The van der Waals surface area contributed by atoms with Crippen molar-refractivity contribution in [1.29, 1.82) is 0 Å². The summed E-state index contributed by atoms with van der Waals surface area (Å²) in [7, 11) is 0. The van der Waals surface area contributed by atoms with E-state index in [-0.39, 0.29) is 11.5 Å². The molecule has 1 nitrogen and oxygen atoms in total. The molecule has 3 rings (SSSR count). The second-order valence-electron chi connectivity index (χ2n) is 7.33. The minimum Gasteiger partial charge on any atom is -0.324 e. The van der Waals surface area contributed by atoms with Crippen molar-refractivity contribution < 1.29 is 0 Å². The number of hydrogen-bond donors (Lipinski definition) is 1. The Labute approximate surface area is 139 Å². The molecular formula is C22H25N. The Morgan fingerprint density at radius 1 is 0.826 bits per heavy atom. The van der Waals surface area contributed by atoms with Crippen molar-refractivity contribution in [3.05, 3.63) is 83.4 Å². The van der Waals surface area contributed by atoms with Gasteiger partial charge in [-0.05, 0) is 39.3 Å². The van der Waals surface area contributed by atoms with Gasteiger partial charge in [0, 0.05) is 6.04 Å². The van der Waals surface area contributed by atoms with Gasteiger partial charge in [-0.1, -0.05) is 87.5 Å². The van der Waals surface area contributed by atoms with Crippen LogP contribution in [0, 0.1) is 0 Å². The highest BCUT2D eigenvalue weighted by molar-refractivity contribution is 5.86. The van der Waals surface area contributed by atoms with Gasteiger partial charge in [-0.25, -0.2) is 0 Å². The zero-order valence-electron chi connectivity index (χ0n) is 14.2. The van der Waals surface area contributed by atoms with Crippen molar-refractivity contribution in [3.63, 3.8) is 0 Å². The van der Waals surface area contributed by atoms with Gasteiger partial charge >= 0.3 is 0 Å². The van der Waals surface area contributed by atoms with Gasteiger partial charge in [-0.2, -0.15) is 0 Å². The molecule has 0 heterocycles. The van der Waals surface area contributed by atoms with Gasteiger partial charge in [-0.3, -0.25) is 0 Å². The van der Waals surface area contributed by atoms with Crippen molar-refractivity contribution >= 4 is 10.8 Å². The summed E-state index contributed by atoms with van der Waals surface area (Å²) in [6, 6.07) is 23.7. The minimum atomic E-state index is 0.0154. The maximum absolute atomic E-state index is 6.52. The van der Waals surface area contributed by atoms with Crippen molar-refractivity contribution in [2.45, 2.75) is 38.6 Å². The lowest BCUT2D eigenvalue weighted by molar-refractivity contribution is 0.589. The van der Waals surface area contributed by atoms with Crippen LogP contribution in [0.4, 0.5) is 0 Å². The van der Waals surface area contributed by atoms with Crippen LogP contribution in [-0.4, -0.2) is 0 Å². The summed E-state index contributed by atoms with van der Waals surface area (Å²) in [5.74, 6) is 0. The molecule has 0 bridgehead atoms. The lowest BCUT2D eigenvalue weighted by Crippen LogP contribution is -2.14. The third kappa shape index (κ3) is 3.46. The van der Waals surface area contributed by atoms with Gasteiger partial charge in [0.2, 0.25) is 0 Å². The Morgan fingerprint density at radius 2 is 1.48 bits per heavy atom. The fourth-order valence-electron chi connectivity index (χ4n) is 3.08. The van der Waals surface area contributed by atoms with Crippen LogP contribution >= 0.6 is 0 Å². The molecule has 2 N–H and O–H groups in total. The molecule has 118 valence electrons. The van der Waals surface area contributed by atoms with Crippen LogP contribution in [0.25, 0.3) is 10.8 Å². The minimum absolute atomic E-state index is 0.0154. The van der Waals surface area contributed by atoms with Crippen LogP contribution in [0.2, 0.25) is 0 Å². The van der Waals surface area contributed by atoms with E-state index in [9.17, 15) is 0 Å². The van der Waals surface area contributed by atoms with Gasteiger partial charge < -0.3 is 5.73 Å². The van der Waals surface area contributed by atoms with Crippen LogP contribution in [0.15, 0.2) is 66.7 Å². The third-order valence-corrected chi connectivity index (χ3v) is 4.50. The molecule has 3 aromatic carbocycles. The maximum atomic E-state index is 6.52. The molecule has 0 saturated carbocycles.